The molecule has 13 heavy (non-hydrogen) atoms. The van der Waals surface area contributed by atoms with E-state index in [2.05, 4.69) is 14.9 Å². The van der Waals surface area contributed by atoms with Crippen LogP contribution in [0.4, 0.5) is 0 Å². The van der Waals surface area contributed by atoms with Crippen LogP contribution in [0.15, 0.2) is 9.98 Å². The number of nitrogens with zero attached hydrogens (tertiary/aromatic N) is 3. The van der Waals surface area contributed by atoms with Gasteiger partial charge in [-0.25, -0.2) is 4.99 Å². The Morgan fingerprint density at radius 3 is 3.15 bits per heavy atom. The molecule has 0 radical (unpaired) electrons. The van der Waals surface area contributed by atoms with Crippen LogP contribution < -0.4 is 11.5 Å². The van der Waals surface area contributed by atoms with Gasteiger partial charge in [-0.2, -0.15) is 0 Å². The average molecular weight is 181 g/mol. The molecule has 0 aliphatic carbocycles. The number of aliphatic imine (C=N–C) groups is 2. The van der Waals surface area contributed by atoms with E-state index >= 15 is 0 Å². The second kappa shape index (κ2) is 3.33. The highest BCUT2D eigenvalue weighted by atomic mass is 15.3. The Balaban J connectivity index is 2.13. The van der Waals surface area contributed by atoms with Crippen LogP contribution in [0.5, 0.6) is 0 Å². The number of likely N-dealkylation sites (tertiary alicyclic amines) is 1. The van der Waals surface area contributed by atoms with Crippen LogP contribution in [-0.2, 0) is 0 Å². The second-order valence-corrected chi connectivity index (χ2v) is 3.43. The van der Waals surface area contributed by atoms with Crippen LogP contribution in [0.1, 0.15) is 6.42 Å². The van der Waals surface area contributed by atoms with Crippen molar-refractivity contribution < 1.29 is 0 Å². The Labute approximate surface area is 77.5 Å². The zero-order chi connectivity index (χ0) is 9.26. The fourth-order valence-corrected chi connectivity index (χ4v) is 1.89. The van der Waals surface area contributed by atoms with Crippen LogP contribution in [0.2, 0.25) is 0 Å². The Morgan fingerprint density at radius 1 is 1.54 bits per heavy atom. The average Bonchev–Trinajstić information content (AvgIpc) is 2.49. The van der Waals surface area contributed by atoms with E-state index in [0.717, 1.165) is 31.9 Å². The Bertz CT molecular complexity index is 255. The molecule has 0 saturated carbocycles. The normalized spacial score (nSPS) is 26.8. The van der Waals surface area contributed by atoms with Crippen molar-refractivity contribution in [2.24, 2.45) is 27.4 Å². The molecular weight excluding hydrogens is 166 g/mol. The summed E-state index contributed by atoms with van der Waals surface area (Å²) in [4.78, 5) is 10.6. The highest BCUT2D eigenvalue weighted by molar-refractivity contribution is 5.99. The van der Waals surface area contributed by atoms with Gasteiger partial charge < -0.3 is 16.4 Å². The van der Waals surface area contributed by atoms with E-state index in [0.29, 0.717) is 18.4 Å². The van der Waals surface area contributed by atoms with Crippen LogP contribution >= 0.6 is 0 Å². The third-order valence-corrected chi connectivity index (χ3v) is 2.54. The molecule has 5 heteroatoms. The molecule has 72 valence electrons. The topological polar surface area (TPSA) is 80.0 Å². The number of guanidine groups is 1. The highest BCUT2D eigenvalue weighted by Crippen LogP contribution is 2.21. The van der Waals surface area contributed by atoms with Crippen molar-refractivity contribution in [3.63, 3.8) is 0 Å². The molecule has 0 aromatic rings. The van der Waals surface area contributed by atoms with E-state index in [-0.39, 0.29) is 0 Å². The first kappa shape index (κ1) is 8.50. The summed E-state index contributed by atoms with van der Waals surface area (Å²) in [6, 6.07) is 0. The van der Waals surface area contributed by atoms with E-state index in [1.807, 2.05) is 0 Å². The van der Waals surface area contributed by atoms with Crippen LogP contribution in [0, 0.1) is 5.92 Å². The number of fused-ring (bicyclic) bond motifs is 1. The molecule has 1 atom stereocenters. The smallest absolute Gasteiger partial charge is 0.217 e. The number of amidine groups is 1. The summed E-state index contributed by atoms with van der Waals surface area (Å²) in [5, 5.41) is 0. The van der Waals surface area contributed by atoms with Gasteiger partial charge in [-0.3, -0.25) is 4.99 Å². The maximum atomic E-state index is 5.55. The predicted octanol–water partition coefficient (Wildman–Crippen LogP) is -1.01. The molecule has 2 aliphatic heterocycles. The quantitative estimate of drug-likeness (QED) is 0.573. The van der Waals surface area contributed by atoms with Crippen molar-refractivity contribution in [1.29, 1.82) is 0 Å². The van der Waals surface area contributed by atoms with E-state index in [1.165, 1.54) is 0 Å². The van der Waals surface area contributed by atoms with Crippen molar-refractivity contribution in [2.75, 3.05) is 26.2 Å². The van der Waals surface area contributed by atoms with Crippen molar-refractivity contribution in [1.82, 2.24) is 4.90 Å². The molecule has 0 bridgehead atoms. The van der Waals surface area contributed by atoms with Gasteiger partial charge in [0.25, 0.3) is 0 Å². The van der Waals surface area contributed by atoms with E-state index < -0.39 is 0 Å². The summed E-state index contributed by atoms with van der Waals surface area (Å²) >= 11 is 0. The third-order valence-electron chi connectivity index (χ3n) is 2.54. The molecule has 0 spiro atoms. The molecule has 2 aliphatic rings. The summed E-state index contributed by atoms with van der Waals surface area (Å²) in [5.74, 6) is 1.99. The maximum absolute atomic E-state index is 5.55. The lowest BCUT2D eigenvalue weighted by Crippen LogP contribution is -2.36. The third kappa shape index (κ3) is 1.51. The summed E-state index contributed by atoms with van der Waals surface area (Å²) in [6.45, 7) is 3.39. The summed E-state index contributed by atoms with van der Waals surface area (Å²) in [6.07, 6.45) is 1.13. The molecule has 1 saturated heterocycles. The number of nitrogens with two attached hydrogens (primary N) is 2. The van der Waals surface area contributed by atoms with Gasteiger partial charge in [0.1, 0.15) is 5.84 Å². The van der Waals surface area contributed by atoms with Gasteiger partial charge in [-0.1, -0.05) is 0 Å². The molecule has 1 fully saturated rings. The Kier molecular flexibility index (Phi) is 2.18. The molecular formula is C8H15N5. The van der Waals surface area contributed by atoms with Crippen LogP contribution in [0.25, 0.3) is 0 Å². The molecule has 2 rings (SSSR count). The Morgan fingerprint density at radius 2 is 2.38 bits per heavy atom. The first-order valence-electron chi connectivity index (χ1n) is 4.65. The molecule has 2 heterocycles. The molecule has 0 aromatic carbocycles. The summed E-state index contributed by atoms with van der Waals surface area (Å²) in [5.41, 5.74) is 11.1. The first-order valence-corrected chi connectivity index (χ1v) is 4.65. The fraction of sp³-hybridized carbons (Fsp3) is 0.750. The highest BCUT2D eigenvalue weighted by Gasteiger charge is 2.30. The lowest BCUT2D eigenvalue weighted by Gasteiger charge is -2.21. The summed E-state index contributed by atoms with van der Waals surface area (Å²) in [7, 11) is 0. The molecule has 5 nitrogen and oxygen atoms in total. The SMILES string of the molecule is NCCN1CC[C@@H]2CN=C(N)N=C21. The molecule has 0 amide bonds. The van der Waals surface area contributed by atoms with Crippen molar-refractivity contribution in [2.45, 2.75) is 6.42 Å². The second-order valence-electron chi connectivity index (χ2n) is 3.43. The number of rotatable bonds is 2. The van der Waals surface area contributed by atoms with Crippen LogP contribution in [0.3, 0.4) is 0 Å². The van der Waals surface area contributed by atoms with Gasteiger partial charge >= 0.3 is 0 Å². The standard InChI is InChI=1S/C8H15N5/c9-2-4-13-3-1-6-5-11-8(10)12-7(6)13/h6H,1-5,9H2,(H2,10,11)/t6-/m1/s1. The summed E-state index contributed by atoms with van der Waals surface area (Å²) < 4.78 is 0. The lowest BCUT2D eigenvalue weighted by molar-refractivity contribution is 0.464. The van der Waals surface area contributed by atoms with Gasteiger partial charge in [0.05, 0.1) is 6.54 Å². The fourth-order valence-electron chi connectivity index (χ4n) is 1.89. The van der Waals surface area contributed by atoms with Crippen molar-refractivity contribution in [3.8, 4) is 0 Å². The predicted molar refractivity (Wildman–Crippen MR) is 52.7 cm³/mol. The maximum Gasteiger partial charge on any atom is 0.217 e. The number of hydrogen-bond acceptors (Lipinski definition) is 5. The largest absolute Gasteiger partial charge is 0.368 e. The zero-order valence-electron chi connectivity index (χ0n) is 7.61. The van der Waals surface area contributed by atoms with E-state index in [1.54, 1.807) is 0 Å². The minimum Gasteiger partial charge on any atom is -0.368 e. The molecule has 0 aromatic heterocycles. The monoisotopic (exact) mass is 181 g/mol. The van der Waals surface area contributed by atoms with E-state index in [4.69, 9.17) is 11.5 Å². The lowest BCUT2D eigenvalue weighted by atomic mass is 10.1. The van der Waals surface area contributed by atoms with Gasteiger partial charge in [0.15, 0.2) is 0 Å². The zero-order valence-corrected chi connectivity index (χ0v) is 7.61. The van der Waals surface area contributed by atoms with Gasteiger partial charge in [0.2, 0.25) is 5.96 Å². The minimum absolute atomic E-state index is 0.412. The molecule has 4 N–H and O–H groups in total. The number of hydrogen-bond donors (Lipinski definition) is 2. The van der Waals surface area contributed by atoms with Gasteiger partial charge in [-0.15, -0.1) is 0 Å². The Hall–Kier alpha value is -1.10. The van der Waals surface area contributed by atoms with Gasteiger partial charge in [-0.05, 0) is 6.42 Å². The van der Waals surface area contributed by atoms with Crippen molar-refractivity contribution >= 4 is 11.8 Å². The van der Waals surface area contributed by atoms with E-state index in [9.17, 15) is 0 Å². The minimum atomic E-state index is 0.412. The van der Waals surface area contributed by atoms with Crippen molar-refractivity contribution in [3.05, 3.63) is 0 Å². The first-order chi connectivity index (χ1) is 6.31. The van der Waals surface area contributed by atoms with Gasteiger partial charge in [0, 0.05) is 25.6 Å². The molecule has 0 unspecified atom stereocenters. The van der Waals surface area contributed by atoms with Crippen LogP contribution in [-0.4, -0.2) is 42.9 Å².